The van der Waals surface area contributed by atoms with Gasteiger partial charge in [-0.15, -0.1) is 0 Å². The fourth-order valence-corrected chi connectivity index (χ4v) is 1.83. The largest absolute Gasteiger partial charge is 0.378 e. The molecule has 19 heavy (non-hydrogen) atoms. The molecular formula is C14H19N3O2. The van der Waals surface area contributed by atoms with E-state index in [0.717, 1.165) is 18.7 Å². The Balaban J connectivity index is 2.28. The van der Waals surface area contributed by atoms with Crippen LogP contribution in [0.2, 0.25) is 0 Å². The first kappa shape index (κ1) is 13.5. The van der Waals surface area contributed by atoms with Crippen molar-refractivity contribution in [2.75, 3.05) is 40.4 Å². The highest BCUT2D eigenvalue weighted by Crippen LogP contribution is 2.07. The predicted octanol–water partition coefficient (Wildman–Crippen LogP) is 0.811. The van der Waals surface area contributed by atoms with Gasteiger partial charge in [0.25, 0.3) is 5.91 Å². The smallest absolute Gasteiger partial charge is 0.274 e. The molecule has 1 aromatic rings. The topological polar surface area (TPSA) is 45.1 Å². The van der Waals surface area contributed by atoms with Crippen molar-refractivity contribution in [1.82, 2.24) is 9.91 Å². The van der Waals surface area contributed by atoms with Gasteiger partial charge in [-0.05, 0) is 0 Å². The molecule has 0 saturated carbocycles. The summed E-state index contributed by atoms with van der Waals surface area (Å²) in [7, 11) is 3.47. The van der Waals surface area contributed by atoms with E-state index in [1.54, 1.807) is 19.0 Å². The first-order valence-electron chi connectivity index (χ1n) is 6.37. The number of hydrazone groups is 1. The number of ether oxygens (including phenoxy) is 1. The number of rotatable bonds is 3. The first-order chi connectivity index (χ1) is 9.18. The zero-order chi connectivity index (χ0) is 13.7. The number of nitrogens with zero attached hydrogens (tertiary/aromatic N) is 3. The minimum Gasteiger partial charge on any atom is -0.378 e. The molecule has 0 spiro atoms. The van der Waals surface area contributed by atoms with Gasteiger partial charge in [-0.1, -0.05) is 30.3 Å². The highest BCUT2D eigenvalue weighted by molar-refractivity contribution is 6.45. The van der Waals surface area contributed by atoms with E-state index in [4.69, 9.17) is 4.74 Å². The van der Waals surface area contributed by atoms with Crippen LogP contribution >= 0.6 is 0 Å². The van der Waals surface area contributed by atoms with E-state index < -0.39 is 0 Å². The number of benzene rings is 1. The minimum atomic E-state index is -0.0855. The Kier molecular flexibility index (Phi) is 4.52. The van der Waals surface area contributed by atoms with Crippen molar-refractivity contribution < 1.29 is 9.53 Å². The third-order valence-corrected chi connectivity index (χ3v) is 2.88. The number of morpholine rings is 1. The van der Waals surface area contributed by atoms with E-state index in [1.807, 2.05) is 35.3 Å². The summed E-state index contributed by atoms with van der Waals surface area (Å²) >= 11 is 0. The van der Waals surface area contributed by atoms with Crippen LogP contribution in [0.15, 0.2) is 35.4 Å². The lowest BCUT2D eigenvalue weighted by Gasteiger charge is -2.25. The quantitative estimate of drug-likeness (QED) is 0.756. The number of amides is 1. The Labute approximate surface area is 113 Å². The summed E-state index contributed by atoms with van der Waals surface area (Å²) in [6, 6.07) is 9.55. The number of likely N-dealkylation sites (N-methyl/N-ethyl adjacent to an activating group) is 1. The van der Waals surface area contributed by atoms with E-state index in [-0.39, 0.29) is 5.91 Å². The highest BCUT2D eigenvalue weighted by atomic mass is 16.5. The standard InChI is InChI=1S/C14H19N3O2/c1-16(2)14(18)13(12-6-4-3-5-7-12)15-17-8-10-19-11-9-17/h3-7H,8-11H2,1-2H3/b15-13+. The van der Waals surface area contributed by atoms with Gasteiger partial charge in [0, 0.05) is 19.7 Å². The van der Waals surface area contributed by atoms with Crippen LogP contribution in [0, 0.1) is 0 Å². The minimum absolute atomic E-state index is 0.0855. The summed E-state index contributed by atoms with van der Waals surface area (Å²) in [5.41, 5.74) is 1.32. The van der Waals surface area contributed by atoms with Gasteiger partial charge in [0.05, 0.1) is 26.3 Å². The van der Waals surface area contributed by atoms with Crippen LogP contribution < -0.4 is 0 Å². The number of hydrogen-bond donors (Lipinski definition) is 0. The molecule has 1 aliphatic heterocycles. The second-order valence-electron chi connectivity index (χ2n) is 4.58. The number of carbonyl (C=O) groups is 1. The van der Waals surface area contributed by atoms with Gasteiger partial charge in [0.1, 0.15) is 0 Å². The third-order valence-electron chi connectivity index (χ3n) is 2.88. The molecule has 0 N–H and O–H groups in total. The summed E-state index contributed by atoms with van der Waals surface area (Å²) in [6.45, 7) is 2.75. The molecular weight excluding hydrogens is 242 g/mol. The van der Waals surface area contributed by atoms with Gasteiger partial charge in [0.15, 0.2) is 5.71 Å². The molecule has 0 radical (unpaired) electrons. The Hall–Kier alpha value is -1.88. The van der Waals surface area contributed by atoms with E-state index in [2.05, 4.69) is 5.10 Å². The molecule has 1 fully saturated rings. The average Bonchev–Trinajstić information content (AvgIpc) is 2.46. The normalized spacial score (nSPS) is 16.3. The monoisotopic (exact) mass is 261 g/mol. The van der Waals surface area contributed by atoms with Crippen molar-refractivity contribution >= 4 is 11.6 Å². The van der Waals surface area contributed by atoms with Crippen LogP contribution in [0.25, 0.3) is 0 Å². The van der Waals surface area contributed by atoms with Crippen LogP contribution in [0.4, 0.5) is 0 Å². The lowest BCUT2D eigenvalue weighted by atomic mass is 10.1. The molecule has 2 rings (SSSR count). The van der Waals surface area contributed by atoms with E-state index >= 15 is 0 Å². The van der Waals surface area contributed by atoms with E-state index in [0.29, 0.717) is 18.9 Å². The molecule has 1 amide bonds. The summed E-state index contributed by atoms with van der Waals surface area (Å²) < 4.78 is 5.29. The SMILES string of the molecule is CN(C)C(=O)/C(=N/N1CCOCC1)c1ccccc1. The second kappa shape index (κ2) is 6.33. The Morgan fingerprint density at radius 3 is 2.42 bits per heavy atom. The lowest BCUT2D eigenvalue weighted by Crippen LogP contribution is -2.37. The zero-order valence-electron chi connectivity index (χ0n) is 11.4. The Morgan fingerprint density at radius 2 is 1.84 bits per heavy atom. The van der Waals surface area contributed by atoms with Crippen LogP contribution in [0.5, 0.6) is 0 Å². The van der Waals surface area contributed by atoms with E-state index in [9.17, 15) is 4.79 Å². The van der Waals surface area contributed by atoms with Gasteiger partial charge in [0.2, 0.25) is 0 Å². The molecule has 102 valence electrons. The number of carbonyl (C=O) groups excluding carboxylic acids is 1. The summed E-state index contributed by atoms with van der Waals surface area (Å²) in [5.74, 6) is -0.0855. The Bertz CT molecular complexity index is 451. The fourth-order valence-electron chi connectivity index (χ4n) is 1.83. The molecule has 0 bridgehead atoms. The maximum absolute atomic E-state index is 12.3. The van der Waals surface area contributed by atoms with Crippen molar-refractivity contribution in [3.05, 3.63) is 35.9 Å². The van der Waals surface area contributed by atoms with Gasteiger partial charge in [-0.25, -0.2) is 0 Å². The van der Waals surface area contributed by atoms with Crippen molar-refractivity contribution in [3.8, 4) is 0 Å². The molecule has 0 atom stereocenters. The molecule has 1 saturated heterocycles. The first-order valence-corrected chi connectivity index (χ1v) is 6.37. The molecule has 1 aromatic carbocycles. The van der Waals surface area contributed by atoms with Crippen LogP contribution in [-0.4, -0.2) is 61.9 Å². The Morgan fingerprint density at radius 1 is 1.21 bits per heavy atom. The molecule has 5 heteroatoms. The van der Waals surface area contributed by atoms with Crippen molar-refractivity contribution in [1.29, 1.82) is 0 Å². The second-order valence-corrected chi connectivity index (χ2v) is 4.58. The highest BCUT2D eigenvalue weighted by Gasteiger charge is 2.18. The van der Waals surface area contributed by atoms with Gasteiger partial charge >= 0.3 is 0 Å². The third kappa shape index (κ3) is 3.54. The van der Waals surface area contributed by atoms with Gasteiger partial charge in [-0.3, -0.25) is 9.80 Å². The lowest BCUT2D eigenvalue weighted by molar-refractivity contribution is -0.121. The molecule has 0 aromatic heterocycles. The molecule has 5 nitrogen and oxygen atoms in total. The molecule has 1 aliphatic rings. The predicted molar refractivity (Wildman–Crippen MR) is 74.1 cm³/mol. The summed E-state index contributed by atoms with van der Waals surface area (Å²) in [6.07, 6.45) is 0. The van der Waals surface area contributed by atoms with E-state index in [1.165, 1.54) is 0 Å². The summed E-state index contributed by atoms with van der Waals surface area (Å²) in [5, 5.41) is 6.40. The maximum atomic E-state index is 12.3. The fraction of sp³-hybridized carbons (Fsp3) is 0.429. The maximum Gasteiger partial charge on any atom is 0.274 e. The van der Waals surface area contributed by atoms with Crippen LogP contribution in [0.3, 0.4) is 0 Å². The zero-order valence-corrected chi connectivity index (χ0v) is 11.4. The van der Waals surface area contributed by atoms with Crippen molar-refractivity contribution in [3.63, 3.8) is 0 Å². The number of hydrogen-bond acceptors (Lipinski definition) is 4. The molecule has 1 heterocycles. The van der Waals surface area contributed by atoms with Crippen molar-refractivity contribution in [2.45, 2.75) is 0 Å². The van der Waals surface area contributed by atoms with Crippen LogP contribution in [0.1, 0.15) is 5.56 Å². The molecule has 0 aliphatic carbocycles. The summed E-state index contributed by atoms with van der Waals surface area (Å²) in [4.78, 5) is 13.8. The van der Waals surface area contributed by atoms with Gasteiger partial charge < -0.3 is 9.64 Å². The molecule has 0 unspecified atom stereocenters. The van der Waals surface area contributed by atoms with Crippen LogP contribution in [-0.2, 0) is 9.53 Å². The average molecular weight is 261 g/mol. The van der Waals surface area contributed by atoms with Crippen molar-refractivity contribution in [2.24, 2.45) is 5.10 Å². The van der Waals surface area contributed by atoms with Gasteiger partial charge in [-0.2, -0.15) is 5.10 Å².